The summed E-state index contributed by atoms with van der Waals surface area (Å²) in [7, 11) is 0. The first-order valence-corrected chi connectivity index (χ1v) is 6.64. The SMILES string of the molecule is CC(=O)N[C@H]1[C@H](Oc2ccccc2)O[C@H](CO)[C@@H](O)[C@@H]1O. The molecule has 5 atom stereocenters. The van der Waals surface area contributed by atoms with Crippen LogP contribution in [0.5, 0.6) is 5.75 Å². The zero-order chi connectivity index (χ0) is 15.4. The smallest absolute Gasteiger partial charge is 0.223 e. The topological polar surface area (TPSA) is 108 Å². The monoisotopic (exact) mass is 297 g/mol. The van der Waals surface area contributed by atoms with Crippen molar-refractivity contribution < 1.29 is 29.6 Å². The Labute approximate surface area is 122 Å². The van der Waals surface area contributed by atoms with Crippen LogP contribution >= 0.6 is 0 Å². The van der Waals surface area contributed by atoms with Crippen molar-refractivity contribution in [2.24, 2.45) is 0 Å². The largest absolute Gasteiger partial charge is 0.463 e. The third-order valence-corrected chi connectivity index (χ3v) is 3.25. The normalized spacial score (nSPS) is 32.5. The Morgan fingerprint density at radius 3 is 2.52 bits per heavy atom. The maximum atomic E-state index is 11.2. The average molecular weight is 297 g/mol. The second-order valence-electron chi connectivity index (χ2n) is 4.86. The Bertz CT molecular complexity index is 468. The molecule has 1 aliphatic heterocycles. The van der Waals surface area contributed by atoms with Gasteiger partial charge in [0.2, 0.25) is 12.2 Å². The first-order valence-electron chi connectivity index (χ1n) is 6.64. The van der Waals surface area contributed by atoms with Crippen LogP contribution in [0.4, 0.5) is 0 Å². The number of para-hydroxylation sites is 1. The summed E-state index contributed by atoms with van der Waals surface area (Å²) in [5, 5.41) is 31.7. The van der Waals surface area contributed by atoms with Gasteiger partial charge in [0.05, 0.1) is 6.61 Å². The fourth-order valence-electron chi connectivity index (χ4n) is 2.20. The quantitative estimate of drug-likeness (QED) is 0.568. The number of aliphatic hydroxyl groups excluding tert-OH is 3. The Kier molecular flexibility index (Phi) is 5.13. The van der Waals surface area contributed by atoms with Crippen LogP contribution in [-0.2, 0) is 9.53 Å². The van der Waals surface area contributed by atoms with E-state index in [0.717, 1.165) is 0 Å². The van der Waals surface area contributed by atoms with Crippen LogP contribution in [0.15, 0.2) is 30.3 Å². The molecule has 0 spiro atoms. The number of benzene rings is 1. The molecule has 0 aliphatic carbocycles. The third kappa shape index (κ3) is 3.70. The number of carbonyl (C=O) groups is 1. The fraction of sp³-hybridized carbons (Fsp3) is 0.500. The number of hydrogen-bond acceptors (Lipinski definition) is 6. The number of hydrogen-bond donors (Lipinski definition) is 4. The summed E-state index contributed by atoms with van der Waals surface area (Å²) >= 11 is 0. The van der Waals surface area contributed by atoms with Crippen molar-refractivity contribution in [3.8, 4) is 5.75 Å². The standard InChI is InChI=1S/C14H19NO6/c1-8(17)15-11-13(19)12(18)10(7-16)21-14(11)20-9-5-3-2-4-6-9/h2-6,10-14,16,18-19H,7H2,1H3,(H,15,17)/t10-,11-,12-,13-,14-/m1/s1. The molecule has 0 radical (unpaired) electrons. The summed E-state index contributed by atoms with van der Waals surface area (Å²) in [6, 6.07) is 7.79. The number of nitrogens with one attached hydrogen (secondary N) is 1. The van der Waals surface area contributed by atoms with Crippen LogP contribution in [0.2, 0.25) is 0 Å². The van der Waals surface area contributed by atoms with Gasteiger partial charge in [0.1, 0.15) is 30.1 Å². The lowest BCUT2D eigenvalue weighted by Gasteiger charge is -2.42. The molecule has 7 nitrogen and oxygen atoms in total. The molecule has 1 saturated heterocycles. The van der Waals surface area contributed by atoms with Gasteiger partial charge in [0.25, 0.3) is 0 Å². The molecule has 1 amide bonds. The van der Waals surface area contributed by atoms with Crippen molar-refractivity contribution in [3.63, 3.8) is 0 Å². The molecule has 0 aromatic heterocycles. The summed E-state index contributed by atoms with van der Waals surface area (Å²) in [6.45, 7) is 0.816. The highest BCUT2D eigenvalue weighted by molar-refractivity contribution is 5.73. The van der Waals surface area contributed by atoms with Gasteiger partial charge in [-0.25, -0.2) is 0 Å². The minimum absolute atomic E-state index is 0.390. The van der Waals surface area contributed by atoms with Crippen molar-refractivity contribution in [1.82, 2.24) is 5.32 Å². The van der Waals surface area contributed by atoms with Gasteiger partial charge in [-0.05, 0) is 12.1 Å². The van der Waals surface area contributed by atoms with Gasteiger partial charge in [0.15, 0.2) is 0 Å². The zero-order valence-electron chi connectivity index (χ0n) is 11.5. The average Bonchev–Trinajstić information content (AvgIpc) is 2.47. The van der Waals surface area contributed by atoms with Crippen molar-refractivity contribution in [2.75, 3.05) is 6.61 Å². The maximum Gasteiger partial charge on any atom is 0.223 e. The minimum Gasteiger partial charge on any atom is -0.463 e. The predicted octanol–water partition coefficient (Wildman–Crippen LogP) is -0.991. The maximum absolute atomic E-state index is 11.2. The van der Waals surface area contributed by atoms with Crippen LogP contribution in [0, 0.1) is 0 Å². The van der Waals surface area contributed by atoms with Gasteiger partial charge in [-0.1, -0.05) is 18.2 Å². The first-order chi connectivity index (χ1) is 10.0. The van der Waals surface area contributed by atoms with Crippen molar-refractivity contribution in [3.05, 3.63) is 30.3 Å². The zero-order valence-corrected chi connectivity index (χ0v) is 11.5. The molecule has 1 aromatic rings. The van der Waals surface area contributed by atoms with Gasteiger partial charge in [0, 0.05) is 6.92 Å². The number of carbonyl (C=O) groups excluding carboxylic acids is 1. The predicted molar refractivity (Wildman–Crippen MR) is 72.4 cm³/mol. The molecule has 4 N–H and O–H groups in total. The number of ether oxygens (including phenoxy) is 2. The van der Waals surface area contributed by atoms with Gasteiger partial charge < -0.3 is 30.1 Å². The molecule has 0 saturated carbocycles. The molecule has 2 rings (SSSR count). The molecule has 0 bridgehead atoms. The van der Waals surface area contributed by atoms with E-state index in [2.05, 4.69) is 5.32 Å². The van der Waals surface area contributed by atoms with Crippen LogP contribution < -0.4 is 10.1 Å². The van der Waals surface area contributed by atoms with Crippen molar-refractivity contribution in [1.29, 1.82) is 0 Å². The van der Waals surface area contributed by atoms with Crippen molar-refractivity contribution >= 4 is 5.91 Å². The fourth-order valence-corrected chi connectivity index (χ4v) is 2.20. The van der Waals surface area contributed by atoms with E-state index in [9.17, 15) is 20.1 Å². The number of aliphatic hydroxyl groups is 3. The van der Waals surface area contributed by atoms with E-state index in [1.165, 1.54) is 6.92 Å². The van der Waals surface area contributed by atoms with E-state index in [0.29, 0.717) is 5.75 Å². The van der Waals surface area contributed by atoms with E-state index in [4.69, 9.17) is 9.47 Å². The Balaban J connectivity index is 2.18. The van der Waals surface area contributed by atoms with Crippen LogP contribution in [-0.4, -0.2) is 58.5 Å². The highest BCUT2D eigenvalue weighted by Gasteiger charge is 2.45. The number of rotatable bonds is 4. The second-order valence-corrected chi connectivity index (χ2v) is 4.86. The summed E-state index contributed by atoms with van der Waals surface area (Å²) in [4.78, 5) is 11.2. The summed E-state index contributed by atoms with van der Waals surface area (Å²) in [6.07, 6.45) is -4.64. The van der Waals surface area contributed by atoms with E-state index in [1.807, 2.05) is 6.07 Å². The first kappa shape index (κ1) is 15.7. The second kappa shape index (κ2) is 6.86. The Hall–Kier alpha value is -1.67. The van der Waals surface area contributed by atoms with Crippen LogP contribution in [0.1, 0.15) is 6.92 Å². The minimum atomic E-state index is -1.32. The van der Waals surface area contributed by atoms with Crippen LogP contribution in [0.25, 0.3) is 0 Å². The molecule has 0 unspecified atom stereocenters. The molecular formula is C14H19NO6. The highest BCUT2D eigenvalue weighted by atomic mass is 16.7. The highest BCUT2D eigenvalue weighted by Crippen LogP contribution is 2.24. The summed E-state index contributed by atoms with van der Waals surface area (Å²) in [5.74, 6) is 0.0945. The molecule has 116 valence electrons. The van der Waals surface area contributed by atoms with Crippen molar-refractivity contribution in [2.45, 2.75) is 37.6 Å². The molecule has 1 fully saturated rings. The van der Waals surface area contributed by atoms with Gasteiger partial charge >= 0.3 is 0 Å². The molecule has 7 heteroatoms. The summed E-state index contributed by atoms with van der Waals surface area (Å²) in [5.41, 5.74) is 0. The van der Waals surface area contributed by atoms with Gasteiger partial charge in [-0.3, -0.25) is 4.79 Å². The number of amides is 1. The lowest BCUT2D eigenvalue weighted by atomic mass is 9.97. The third-order valence-electron chi connectivity index (χ3n) is 3.25. The van der Waals surface area contributed by atoms with Gasteiger partial charge in [-0.15, -0.1) is 0 Å². The molecular weight excluding hydrogens is 278 g/mol. The van der Waals surface area contributed by atoms with Gasteiger partial charge in [-0.2, -0.15) is 0 Å². The molecule has 1 aliphatic rings. The van der Waals surface area contributed by atoms with Crippen LogP contribution in [0.3, 0.4) is 0 Å². The molecule has 1 heterocycles. The van der Waals surface area contributed by atoms with E-state index in [1.54, 1.807) is 24.3 Å². The lowest BCUT2D eigenvalue weighted by molar-refractivity contribution is -0.244. The Morgan fingerprint density at radius 2 is 1.95 bits per heavy atom. The Morgan fingerprint density at radius 1 is 1.29 bits per heavy atom. The van der Waals surface area contributed by atoms with E-state index < -0.39 is 37.3 Å². The van der Waals surface area contributed by atoms with E-state index in [-0.39, 0.29) is 5.91 Å². The van der Waals surface area contributed by atoms with E-state index >= 15 is 0 Å². The molecule has 21 heavy (non-hydrogen) atoms. The summed E-state index contributed by atoms with van der Waals surface area (Å²) < 4.78 is 11.0. The lowest BCUT2D eigenvalue weighted by Crippen LogP contribution is -2.65. The molecule has 1 aromatic carbocycles.